The van der Waals surface area contributed by atoms with Gasteiger partial charge in [0.25, 0.3) is 0 Å². The van der Waals surface area contributed by atoms with E-state index >= 15 is 0 Å². The lowest BCUT2D eigenvalue weighted by Gasteiger charge is -2.58. The molecular weight excluding hydrogens is 362 g/mol. The number of ketones is 2. The van der Waals surface area contributed by atoms with E-state index in [1.807, 2.05) is 0 Å². The fourth-order valence-corrected chi connectivity index (χ4v) is 5.89. The zero-order chi connectivity index (χ0) is 21.6. The summed E-state index contributed by atoms with van der Waals surface area (Å²) in [7, 11) is 0. The fourth-order valence-electron chi connectivity index (χ4n) is 5.89. The maximum Gasteiger partial charge on any atom is 0.232 e. The van der Waals surface area contributed by atoms with Gasteiger partial charge in [-0.3, -0.25) is 9.59 Å². The van der Waals surface area contributed by atoms with Gasteiger partial charge in [0.1, 0.15) is 5.76 Å². The third kappa shape index (κ3) is 3.71. The molecule has 1 fully saturated rings. The average Bonchev–Trinajstić information content (AvgIpc) is 2.66. The van der Waals surface area contributed by atoms with E-state index in [0.717, 1.165) is 25.7 Å². The predicted molar refractivity (Wildman–Crippen MR) is 116 cm³/mol. The first-order valence-electron chi connectivity index (χ1n) is 11.1. The molecule has 0 aliphatic heterocycles. The van der Waals surface area contributed by atoms with Crippen LogP contribution in [-0.2, 0) is 9.59 Å². The third-order valence-electron chi connectivity index (χ3n) is 8.17. The zero-order valence-corrected chi connectivity index (χ0v) is 18.9. The molecule has 4 heteroatoms. The normalized spacial score (nSPS) is 35.4. The summed E-state index contributed by atoms with van der Waals surface area (Å²) in [5, 5.41) is 14.1. The van der Waals surface area contributed by atoms with Crippen LogP contribution in [0.5, 0.6) is 0 Å². The lowest BCUT2D eigenvalue weighted by Crippen LogP contribution is -2.50. The number of fused-ring (bicyclic) bond motifs is 1. The number of aliphatic hydroxyl groups excluding tert-OH is 1. The fraction of sp³-hybridized carbons (Fsp3) is 0.680. The number of rotatable bonds is 5. The molecule has 0 radical (unpaired) electrons. The van der Waals surface area contributed by atoms with Crippen molar-refractivity contribution in [3.05, 3.63) is 34.8 Å². The summed E-state index contributed by atoms with van der Waals surface area (Å²) in [4.78, 5) is 25.2. The van der Waals surface area contributed by atoms with Crippen molar-refractivity contribution in [1.82, 2.24) is 5.32 Å². The van der Waals surface area contributed by atoms with E-state index in [1.54, 1.807) is 0 Å². The van der Waals surface area contributed by atoms with Crippen LogP contribution in [0.4, 0.5) is 0 Å². The third-order valence-corrected chi connectivity index (χ3v) is 8.17. The molecule has 0 spiro atoms. The van der Waals surface area contributed by atoms with Gasteiger partial charge in [0, 0.05) is 18.2 Å². The second-order valence-electron chi connectivity index (χ2n) is 10.4. The summed E-state index contributed by atoms with van der Waals surface area (Å²) < 4.78 is 0. The largest absolute Gasteiger partial charge is 0.505 e. The number of allylic oxidation sites excluding steroid dienone is 4. The van der Waals surface area contributed by atoms with Crippen LogP contribution in [0.15, 0.2) is 34.8 Å². The van der Waals surface area contributed by atoms with Gasteiger partial charge in [0.15, 0.2) is 0 Å². The van der Waals surface area contributed by atoms with Crippen molar-refractivity contribution < 1.29 is 14.7 Å². The first-order chi connectivity index (χ1) is 13.5. The van der Waals surface area contributed by atoms with E-state index in [0.29, 0.717) is 42.0 Å². The molecule has 29 heavy (non-hydrogen) atoms. The number of aliphatic hydroxyl groups is 1. The van der Waals surface area contributed by atoms with E-state index < -0.39 is 11.6 Å². The van der Waals surface area contributed by atoms with Crippen molar-refractivity contribution in [1.29, 1.82) is 0 Å². The topological polar surface area (TPSA) is 66.4 Å². The van der Waals surface area contributed by atoms with Gasteiger partial charge in [0.2, 0.25) is 11.6 Å². The number of nitrogens with one attached hydrogen (secondary N) is 1. The highest BCUT2D eigenvalue weighted by Gasteiger charge is 2.54. The molecule has 0 bridgehead atoms. The van der Waals surface area contributed by atoms with Gasteiger partial charge in [-0.2, -0.15) is 0 Å². The number of hydrogen-bond acceptors (Lipinski definition) is 4. The van der Waals surface area contributed by atoms with Crippen LogP contribution >= 0.6 is 0 Å². The van der Waals surface area contributed by atoms with Crippen molar-refractivity contribution in [2.45, 2.75) is 73.6 Å². The van der Waals surface area contributed by atoms with E-state index in [2.05, 4.69) is 52.9 Å². The molecule has 0 unspecified atom stereocenters. The average molecular weight is 400 g/mol. The first-order valence-corrected chi connectivity index (χ1v) is 11.1. The lowest BCUT2D eigenvalue weighted by atomic mass is 9.46. The molecule has 0 aromatic rings. The Morgan fingerprint density at radius 1 is 1.24 bits per heavy atom. The van der Waals surface area contributed by atoms with Gasteiger partial charge in [-0.15, -0.1) is 0 Å². The molecule has 1 saturated carbocycles. The summed E-state index contributed by atoms with van der Waals surface area (Å²) in [5.74, 6) is 0.130. The van der Waals surface area contributed by atoms with Crippen LogP contribution in [0, 0.1) is 28.6 Å². The van der Waals surface area contributed by atoms with E-state index in [1.165, 1.54) is 11.6 Å². The Labute approximate surface area is 175 Å². The summed E-state index contributed by atoms with van der Waals surface area (Å²) in [6.07, 6.45) is 8.50. The predicted octanol–water partition coefficient (Wildman–Crippen LogP) is 5.27. The Balaban J connectivity index is 1.98. The van der Waals surface area contributed by atoms with Crippen LogP contribution < -0.4 is 5.32 Å². The van der Waals surface area contributed by atoms with E-state index in [4.69, 9.17) is 0 Å². The van der Waals surface area contributed by atoms with Gasteiger partial charge in [-0.25, -0.2) is 0 Å². The van der Waals surface area contributed by atoms with Gasteiger partial charge < -0.3 is 10.4 Å². The molecule has 0 heterocycles. The van der Waals surface area contributed by atoms with Crippen molar-refractivity contribution in [3.63, 3.8) is 0 Å². The van der Waals surface area contributed by atoms with Gasteiger partial charge >= 0.3 is 0 Å². The molecule has 0 saturated heterocycles. The number of carbonyl (C=O) groups excluding carboxylic acids is 2. The Bertz CT molecular complexity index is 803. The Hall–Kier alpha value is -1.84. The minimum atomic E-state index is -0.540. The van der Waals surface area contributed by atoms with Crippen LogP contribution in [0.3, 0.4) is 0 Å². The molecule has 3 aliphatic carbocycles. The standard InChI is InChI=1S/C25H37NO3/c1-15(2)14-26-19-12-20(27)23(29)18(22(19)28)13-25(6)17(4)10-11-24(5)16(3)8-7-9-21(24)25/h8,12,15,17,21,26,28H,7,9-11,13-14H2,1-6H3/t17-,21+,24+,25+/m0/s1. The van der Waals surface area contributed by atoms with Crippen molar-refractivity contribution in [2.75, 3.05) is 6.54 Å². The molecule has 160 valence electrons. The van der Waals surface area contributed by atoms with Crippen LogP contribution in [0.1, 0.15) is 73.6 Å². The Kier molecular flexibility index (Phi) is 5.86. The number of Topliss-reactive ketones (excluding diaryl/α,β-unsaturated/α-hetero) is 1. The summed E-state index contributed by atoms with van der Waals surface area (Å²) in [6.45, 7) is 13.9. The molecular formula is C25H37NO3. The molecule has 0 aromatic carbocycles. The zero-order valence-electron chi connectivity index (χ0n) is 18.9. The first kappa shape index (κ1) is 21.9. The van der Waals surface area contributed by atoms with E-state index in [9.17, 15) is 14.7 Å². The second-order valence-corrected chi connectivity index (χ2v) is 10.4. The van der Waals surface area contributed by atoms with E-state index in [-0.39, 0.29) is 16.6 Å². The van der Waals surface area contributed by atoms with Gasteiger partial charge in [-0.05, 0) is 67.6 Å². The van der Waals surface area contributed by atoms with Crippen LogP contribution in [-0.4, -0.2) is 23.2 Å². The highest BCUT2D eigenvalue weighted by molar-refractivity contribution is 6.48. The van der Waals surface area contributed by atoms with Crippen molar-refractivity contribution >= 4 is 11.6 Å². The van der Waals surface area contributed by atoms with Crippen LogP contribution in [0.25, 0.3) is 0 Å². The molecule has 4 atom stereocenters. The monoisotopic (exact) mass is 399 g/mol. The maximum absolute atomic E-state index is 12.8. The highest BCUT2D eigenvalue weighted by atomic mass is 16.3. The molecule has 4 nitrogen and oxygen atoms in total. The minimum Gasteiger partial charge on any atom is -0.505 e. The second kappa shape index (κ2) is 7.77. The lowest BCUT2D eigenvalue weighted by molar-refractivity contribution is -0.132. The molecule has 3 rings (SSSR count). The summed E-state index contributed by atoms with van der Waals surface area (Å²) in [5.41, 5.74) is 2.14. The molecule has 0 aromatic heterocycles. The molecule has 3 aliphatic rings. The van der Waals surface area contributed by atoms with Crippen molar-refractivity contribution in [2.24, 2.45) is 28.6 Å². The Morgan fingerprint density at radius 2 is 1.93 bits per heavy atom. The SMILES string of the molecule is CC1=CCC[C@H]2[C@](C)(CC3=C(O)C(NCC(C)C)=CC(=O)C3=O)[C@@H](C)CC[C@]12C. The maximum atomic E-state index is 12.8. The number of hydrogen-bond donors (Lipinski definition) is 2. The summed E-state index contributed by atoms with van der Waals surface area (Å²) >= 11 is 0. The minimum absolute atomic E-state index is 0.0287. The molecule has 2 N–H and O–H groups in total. The van der Waals surface area contributed by atoms with Crippen LogP contribution in [0.2, 0.25) is 0 Å². The number of carbonyl (C=O) groups is 2. The van der Waals surface area contributed by atoms with Gasteiger partial charge in [-0.1, -0.05) is 46.3 Å². The smallest absolute Gasteiger partial charge is 0.232 e. The Morgan fingerprint density at radius 3 is 2.59 bits per heavy atom. The summed E-state index contributed by atoms with van der Waals surface area (Å²) in [6, 6.07) is 0. The van der Waals surface area contributed by atoms with Crippen molar-refractivity contribution in [3.8, 4) is 0 Å². The molecule has 0 amide bonds. The van der Waals surface area contributed by atoms with Gasteiger partial charge in [0.05, 0.1) is 5.70 Å². The highest BCUT2D eigenvalue weighted by Crippen LogP contribution is 2.62. The quantitative estimate of drug-likeness (QED) is 0.375.